The number of ether oxygens (including phenoxy) is 3. The van der Waals surface area contributed by atoms with Crippen LogP contribution in [0.5, 0.6) is 17.2 Å². The van der Waals surface area contributed by atoms with Crippen LogP contribution in [0.1, 0.15) is 49.1 Å². The van der Waals surface area contributed by atoms with E-state index in [1.165, 1.54) is 0 Å². The fourth-order valence-electron chi connectivity index (χ4n) is 5.47. The van der Waals surface area contributed by atoms with Crippen LogP contribution in [0.25, 0.3) is 0 Å². The van der Waals surface area contributed by atoms with Crippen molar-refractivity contribution in [3.05, 3.63) is 95.2 Å². The Morgan fingerprint density at radius 1 is 0.784 bits per heavy atom. The first-order valence-corrected chi connectivity index (χ1v) is 12.6. The number of anilines is 1. The first-order chi connectivity index (χ1) is 18.0. The number of nitrogens with zero attached hydrogens (tertiary/aromatic N) is 1. The van der Waals surface area contributed by atoms with Crippen molar-refractivity contribution in [2.45, 2.75) is 38.0 Å². The predicted molar refractivity (Wildman–Crippen MR) is 142 cm³/mol. The first-order valence-electron chi connectivity index (χ1n) is 12.6. The van der Waals surface area contributed by atoms with Gasteiger partial charge in [0.15, 0.2) is 5.78 Å². The average Bonchev–Trinajstić information content (AvgIpc) is 2.93. The molecule has 0 N–H and O–H groups in total. The van der Waals surface area contributed by atoms with Crippen LogP contribution in [-0.2, 0) is 9.59 Å². The molecule has 6 heteroatoms. The van der Waals surface area contributed by atoms with Gasteiger partial charge in [0.1, 0.15) is 17.2 Å². The summed E-state index contributed by atoms with van der Waals surface area (Å²) in [5.41, 5.74) is 4.16. The number of hydrogen-bond donors (Lipinski definition) is 0. The highest BCUT2D eigenvalue weighted by Gasteiger charge is 2.42. The van der Waals surface area contributed by atoms with E-state index in [-0.39, 0.29) is 29.9 Å². The van der Waals surface area contributed by atoms with E-state index >= 15 is 0 Å². The minimum atomic E-state index is -0.300. The van der Waals surface area contributed by atoms with Crippen molar-refractivity contribution in [1.82, 2.24) is 0 Å². The monoisotopic (exact) mass is 497 g/mol. The lowest BCUT2D eigenvalue weighted by atomic mass is 9.72. The maximum atomic E-state index is 13.8. The van der Waals surface area contributed by atoms with Crippen molar-refractivity contribution in [1.29, 1.82) is 0 Å². The van der Waals surface area contributed by atoms with Gasteiger partial charge >= 0.3 is 0 Å². The number of benzene rings is 3. The molecule has 0 spiro atoms. The number of ketones is 1. The second kappa shape index (κ2) is 10.5. The summed E-state index contributed by atoms with van der Waals surface area (Å²) in [6.07, 6.45) is 1.21. The number of carbonyl (C=O) groups excluding carboxylic acids is 2. The van der Waals surface area contributed by atoms with Crippen LogP contribution in [0.3, 0.4) is 0 Å². The van der Waals surface area contributed by atoms with E-state index in [1.54, 1.807) is 25.2 Å². The lowest BCUT2D eigenvalue weighted by molar-refractivity contribution is -0.120. The van der Waals surface area contributed by atoms with Gasteiger partial charge in [-0.1, -0.05) is 42.5 Å². The highest BCUT2D eigenvalue weighted by atomic mass is 16.5. The molecule has 1 aliphatic carbocycles. The minimum absolute atomic E-state index is 0.00525. The predicted octanol–water partition coefficient (Wildman–Crippen LogP) is 6.02. The maximum absolute atomic E-state index is 13.8. The fourth-order valence-corrected chi connectivity index (χ4v) is 5.47. The summed E-state index contributed by atoms with van der Waals surface area (Å²) in [6.45, 7) is 2.52. The summed E-state index contributed by atoms with van der Waals surface area (Å²) in [5.74, 6) is 1.66. The Hall–Kier alpha value is -4.06. The van der Waals surface area contributed by atoms with Gasteiger partial charge in [-0.2, -0.15) is 0 Å². The van der Waals surface area contributed by atoms with E-state index in [4.69, 9.17) is 14.2 Å². The van der Waals surface area contributed by atoms with E-state index in [0.717, 1.165) is 28.1 Å². The molecule has 0 bridgehead atoms. The standard InChI is InChI=1S/C31H31NO5/c1-4-37-24-12-10-21(11-13-24)27-19-30(34)32(23-16-25(35-2)18-26(17-23)36-3)28-14-22(15-29(33)31(27)28)20-8-6-5-7-9-20/h5-13,16-18,22,27H,4,14-15,19H2,1-3H3. The zero-order valence-electron chi connectivity index (χ0n) is 21.4. The van der Waals surface area contributed by atoms with Gasteiger partial charge in [-0.25, -0.2) is 0 Å². The summed E-state index contributed by atoms with van der Waals surface area (Å²) >= 11 is 0. The zero-order valence-corrected chi connectivity index (χ0v) is 21.4. The molecule has 2 atom stereocenters. The number of rotatable bonds is 7. The highest BCUT2D eigenvalue weighted by Crippen LogP contribution is 2.47. The van der Waals surface area contributed by atoms with Gasteiger partial charge in [-0.05, 0) is 42.5 Å². The van der Waals surface area contributed by atoms with Crippen LogP contribution in [0.15, 0.2) is 84.1 Å². The van der Waals surface area contributed by atoms with E-state index in [0.29, 0.717) is 36.6 Å². The number of allylic oxidation sites excluding steroid dienone is 2. The minimum Gasteiger partial charge on any atom is -0.497 e. The van der Waals surface area contributed by atoms with Gasteiger partial charge in [-0.3, -0.25) is 14.5 Å². The average molecular weight is 498 g/mol. The molecule has 1 heterocycles. The molecule has 2 unspecified atom stereocenters. The molecule has 0 fully saturated rings. The lowest BCUT2D eigenvalue weighted by Crippen LogP contribution is -2.41. The van der Waals surface area contributed by atoms with Gasteiger partial charge in [0, 0.05) is 48.2 Å². The molecule has 0 saturated heterocycles. The van der Waals surface area contributed by atoms with Gasteiger partial charge in [0.05, 0.1) is 26.5 Å². The lowest BCUT2D eigenvalue weighted by Gasteiger charge is -2.40. The Kier molecular flexibility index (Phi) is 6.99. The molecular weight excluding hydrogens is 466 g/mol. The summed E-state index contributed by atoms with van der Waals surface area (Å²) in [5, 5.41) is 0. The van der Waals surface area contributed by atoms with Crippen LogP contribution in [0, 0.1) is 0 Å². The van der Waals surface area contributed by atoms with Crippen molar-refractivity contribution >= 4 is 17.4 Å². The highest BCUT2D eigenvalue weighted by molar-refractivity contribution is 6.08. The molecule has 0 radical (unpaired) electrons. The van der Waals surface area contributed by atoms with Crippen LogP contribution in [0.4, 0.5) is 5.69 Å². The molecule has 37 heavy (non-hydrogen) atoms. The molecule has 5 rings (SSSR count). The molecule has 190 valence electrons. The van der Waals surface area contributed by atoms with Crippen LogP contribution < -0.4 is 19.1 Å². The third-order valence-corrected chi connectivity index (χ3v) is 7.19. The second-order valence-corrected chi connectivity index (χ2v) is 9.36. The molecule has 1 amide bonds. The zero-order chi connectivity index (χ0) is 25.9. The number of methoxy groups -OCH3 is 2. The third kappa shape index (κ3) is 4.84. The SMILES string of the molecule is CCOc1ccc(C2CC(=O)N(c3cc(OC)cc(OC)c3)C3=C2C(=O)CC(c2ccccc2)C3)cc1. The Bertz CT molecular complexity index is 1310. The van der Waals surface area contributed by atoms with Crippen molar-refractivity contribution in [2.75, 3.05) is 25.7 Å². The van der Waals surface area contributed by atoms with Crippen LogP contribution in [-0.4, -0.2) is 32.5 Å². The number of carbonyl (C=O) groups is 2. The quantitative estimate of drug-likeness (QED) is 0.399. The Labute approximate surface area is 217 Å². The Balaban J connectivity index is 1.64. The molecular formula is C31H31NO5. The van der Waals surface area contributed by atoms with Crippen molar-refractivity contribution in [2.24, 2.45) is 0 Å². The van der Waals surface area contributed by atoms with Gasteiger partial charge in [-0.15, -0.1) is 0 Å². The normalized spacial score (nSPS) is 19.5. The van der Waals surface area contributed by atoms with Crippen LogP contribution in [0.2, 0.25) is 0 Å². The van der Waals surface area contributed by atoms with E-state index in [1.807, 2.05) is 61.5 Å². The van der Waals surface area contributed by atoms with E-state index < -0.39 is 0 Å². The molecule has 3 aromatic carbocycles. The molecule has 0 saturated carbocycles. The van der Waals surface area contributed by atoms with Crippen molar-refractivity contribution in [3.8, 4) is 17.2 Å². The number of amides is 1. The van der Waals surface area contributed by atoms with Gasteiger partial charge in [0.2, 0.25) is 5.91 Å². The summed E-state index contributed by atoms with van der Waals surface area (Å²) in [6, 6.07) is 23.2. The molecule has 0 aromatic heterocycles. The molecule has 3 aromatic rings. The largest absolute Gasteiger partial charge is 0.497 e. The fraction of sp³-hybridized carbons (Fsp3) is 0.290. The van der Waals surface area contributed by atoms with Crippen molar-refractivity contribution < 1.29 is 23.8 Å². The van der Waals surface area contributed by atoms with Crippen molar-refractivity contribution in [3.63, 3.8) is 0 Å². The molecule has 1 aliphatic heterocycles. The van der Waals surface area contributed by atoms with E-state index in [9.17, 15) is 9.59 Å². The topological polar surface area (TPSA) is 65.1 Å². The van der Waals surface area contributed by atoms with Gasteiger partial charge in [0.25, 0.3) is 0 Å². The summed E-state index contributed by atoms with van der Waals surface area (Å²) in [7, 11) is 3.16. The molecule has 2 aliphatic rings. The Morgan fingerprint density at radius 2 is 1.46 bits per heavy atom. The second-order valence-electron chi connectivity index (χ2n) is 9.36. The van der Waals surface area contributed by atoms with Crippen LogP contribution >= 0.6 is 0 Å². The Morgan fingerprint density at radius 3 is 2.08 bits per heavy atom. The summed E-state index contributed by atoms with van der Waals surface area (Å²) < 4.78 is 16.6. The van der Waals surface area contributed by atoms with E-state index in [2.05, 4.69) is 12.1 Å². The van der Waals surface area contributed by atoms with Gasteiger partial charge < -0.3 is 14.2 Å². The summed E-state index contributed by atoms with van der Waals surface area (Å²) in [4.78, 5) is 29.4. The smallest absolute Gasteiger partial charge is 0.232 e. The third-order valence-electron chi connectivity index (χ3n) is 7.19. The maximum Gasteiger partial charge on any atom is 0.232 e. The number of Topliss-reactive ketones (excluding diaryl/α,β-unsaturated/α-hetero) is 1. The first kappa shape index (κ1) is 24.6. The molecule has 6 nitrogen and oxygen atoms in total. The number of hydrogen-bond acceptors (Lipinski definition) is 5.